The lowest BCUT2D eigenvalue weighted by Crippen LogP contribution is -2.11. The summed E-state index contributed by atoms with van der Waals surface area (Å²) < 4.78 is 32.2. The first-order valence-electron chi connectivity index (χ1n) is 18.4. The summed E-state index contributed by atoms with van der Waals surface area (Å²) in [5.41, 5.74) is 7.02. The smallest absolute Gasteiger partial charge is 0.338 e. The number of rotatable bonds is 14. The van der Waals surface area contributed by atoms with E-state index in [4.69, 9.17) is 28.4 Å². The summed E-state index contributed by atoms with van der Waals surface area (Å²) in [6.45, 7) is 24.0. The Morgan fingerprint density at radius 2 is 0.833 bits per heavy atom. The van der Waals surface area contributed by atoms with Crippen molar-refractivity contribution < 1.29 is 47.6 Å². The van der Waals surface area contributed by atoms with Crippen molar-refractivity contribution in [1.82, 2.24) is 0 Å². The molecule has 0 N–H and O–H groups in total. The molecule has 0 saturated carbocycles. The maximum Gasteiger partial charge on any atom is 0.338 e. The summed E-state index contributed by atoms with van der Waals surface area (Å²) in [6.07, 6.45) is 0. The second-order valence-corrected chi connectivity index (χ2v) is 13.5. The molecule has 4 aromatic carbocycles. The number of esters is 4. The molecule has 0 amide bonds. The molecular weight excluding hydrogens is 761 g/mol. The zero-order valence-corrected chi connectivity index (χ0v) is 34.4. The second kappa shape index (κ2) is 21.1. The van der Waals surface area contributed by atoms with Gasteiger partial charge < -0.3 is 28.4 Å². The first-order valence-corrected chi connectivity index (χ1v) is 18.4. The predicted molar refractivity (Wildman–Crippen MR) is 230 cm³/mol. The molecular formula is C50H44O10. The Bertz CT molecular complexity index is 2530. The lowest BCUT2D eigenvalue weighted by atomic mass is 9.96. The van der Waals surface area contributed by atoms with Gasteiger partial charge in [-0.1, -0.05) is 74.3 Å². The van der Waals surface area contributed by atoms with Crippen molar-refractivity contribution in [3.8, 4) is 46.7 Å². The van der Waals surface area contributed by atoms with E-state index in [1.807, 2.05) is 62.4 Å². The Balaban J connectivity index is 1.55. The van der Waals surface area contributed by atoms with Crippen molar-refractivity contribution in [1.29, 1.82) is 0 Å². The zero-order chi connectivity index (χ0) is 43.9. The number of hydrogen-bond acceptors (Lipinski definition) is 10. The quantitative estimate of drug-likeness (QED) is 0.0304. The highest BCUT2D eigenvalue weighted by atomic mass is 16.7. The fraction of sp³-hybridized carbons (Fsp3) is 0.160. The summed E-state index contributed by atoms with van der Waals surface area (Å²) in [6, 6.07) is 24.9. The third-order valence-electron chi connectivity index (χ3n) is 8.42. The second-order valence-electron chi connectivity index (χ2n) is 13.5. The standard InChI is InChI=1S/C50H44O10/c1-31(2)47(51)57-29-55-43-24-21-40(22-25-43)36(10)35(9)39-16-11-37(12-17-39)13-18-41-19-14-38(27-45(41)59-49(53)33(5)6)15-20-42-23-26-44(56-30-58-48(52)32(3)4)28-46(42)60-50(54)34(7)8/h11-12,14,16-17,19,21-28H,1,3,5,7,29-30H2,2,4,6,8-10H3. The van der Waals surface area contributed by atoms with Gasteiger partial charge in [-0.05, 0) is 118 Å². The molecule has 0 spiro atoms. The van der Waals surface area contributed by atoms with E-state index in [9.17, 15) is 19.2 Å². The van der Waals surface area contributed by atoms with Crippen LogP contribution in [0.4, 0.5) is 0 Å². The molecule has 0 saturated heterocycles. The van der Waals surface area contributed by atoms with Crippen molar-refractivity contribution in [3.63, 3.8) is 0 Å². The molecule has 0 aliphatic carbocycles. The molecule has 0 aliphatic heterocycles. The number of carbonyl (C=O) groups is 4. The van der Waals surface area contributed by atoms with E-state index in [2.05, 4.69) is 50.0 Å². The van der Waals surface area contributed by atoms with Crippen molar-refractivity contribution >= 4 is 35.0 Å². The van der Waals surface area contributed by atoms with E-state index in [0.717, 1.165) is 27.8 Å². The highest BCUT2D eigenvalue weighted by Gasteiger charge is 2.14. The third kappa shape index (κ3) is 13.1. The lowest BCUT2D eigenvalue weighted by molar-refractivity contribution is -0.146. The molecule has 0 unspecified atom stereocenters. The molecule has 4 rings (SSSR count). The monoisotopic (exact) mass is 804 g/mol. The Hall–Kier alpha value is -7.82. The predicted octanol–water partition coefficient (Wildman–Crippen LogP) is 9.31. The molecule has 0 aromatic heterocycles. The van der Waals surface area contributed by atoms with Gasteiger partial charge in [0.15, 0.2) is 5.75 Å². The van der Waals surface area contributed by atoms with Gasteiger partial charge in [0.1, 0.15) is 17.2 Å². The van der Waals surface area contributed by atoms with Gasteiger partial charge in [0, 0.05) is 39.5 Å². The van der Waals surface area contributed by atoms with Crippen LogP contribution in [0.2, 0.25) is 0 Å². The molecule has 0 atom stereocenters. The number of carbonyl (C=O) groups excluding carboxylic acids is 4. The maximum atomic E-state index is 12.6. The van der Waals surface area contributed by atoms with Gasteiger partial charge in [-0.3, -0.25) is 0 Å². The fourth-order valence-corrected chi connectivity index (χ4v) is 4.81. The Morgan fingerprint density at radius 1 is 0.450 bits per heavy atom. The van der Waals surface area contributed by atoms with Crippen LogP contribution >= 0.6 is 0 Å². The first-order chi connectivity index (χ1) is 28.5. The number of ether oxygens (including phenoxy) is 6. The van der Waals surface area contributed by atoms with Gasteiger partial charge in [0.25, 0.3) is 0 Å². The van der Waals surface area contributed by atoms with E-state index in [1.165, 1.54) is 19.9 Å². The van der Waals surface area contributed by atoms with Crippen LogP contribution in [0.25, 0.3) is 11.1 Å². The molecule has 0 bridgehead atoms. The van der Waals surface area contributed by atoms with Crippen molar-refractivity contribution in [3.05, 3.63) is 167 Å². The average molecular weight is 805 g/mol. The van der Waals surface area contributed by atoms with Gasteiger partial charge in [-0.15, -0.1) is 0 Å². The largest absolute Gasteiger partial charge is 0.457 e. The Kier molecular flexibility index (Phi) is 15.8. The van der Waals surface area contributed by atoms with Crippen molar-refractivity contribution in [2.24, 2.45) is 0 Å². The molecule has 0 aliphatic rings. The minimum atomic E-state index is -0.673. The summed E-state index contributed by atoms with van der Waals surface area (Å²) >= 11 is 0. The van der Waals surface area contributed by atoms with Crippen LogP contribution in [0.5, 0.6) is 23.0 Å². The Labute approximate surface area is 350 Å². The Morgan fingerprint density at radius 3 is 1.32 bits per heavy atom. The number of allylic oxidation sites excluding steroid dienone is 2. The van der Waals surface area contributed by atoms with Crippen LogP contribution in [0.1, 0.15) is 74.9 Å². The summed E-state index contributed by atoms with van der Waals surface area (Å²) in [5.74, 6) is 10.9. The van der Waals surface area contributed by atoms with Gasteiger partial charge in [-0.25, -0.2) is 19.2 Å². The normalized spacial score (nSPS) is 10.5. The topological polar surface area (TPSA) is 124 Å². The van der Waals surface area contributed by atoms with Gasteiger partial charge in [0.05, 0.1) is 11.1 Å². The summed E-state index contributed by atoms with van der Waals surface area (Å²) in [5, 5.41) is 0. The van der Waals surface area contributed by atoms with Crippen molar-refractivity contribution in [2.75, 3.05) is 13.6 Å². The number of hydrogen-bond donors (Lipinski definition) is 0. The molecule has 4 aromatic rings. The van der Waals surface area contributed by atoms with Crippen LogP contribution in [-0.2, 0) is 28.7 Å². The molecule has 0 radical (unpaired) electrons. The van der Waals surface area contributed by atoms with E-state index in [0.29, 0.717) is 28.0 Å². The molecule has 0 fully saturated rings. The molecule has 10 nitrogen and oxygen atoms in total. The first kappa shape index (κ1) is 44.9. The van der Waals surface area contributed by atoms with Gasteiger partial charge in [-0.2, -0.15) is 0 Å². The molecule has 60 heavy (non-hydrogen) atoms. The zero-order valence-electron chi connectivity index (χ0n) is 34.4. The van der Waals surface area contributed by atoms with Crippen LogP contribution in [-0.4, -0.2) is 37.5 Å². The van der Waals surface area contributed by atoms with E-state index < -0.39 is 23.9 Å². The van der Waals surface area contributed by atoms with E-state index in [-0.39, 0.29) is 47.6 Å². The third-order valence-corrected chi connectivity index (χ3v) is 8.42. The van der Waals surface area contributed by atoms with E-state index in [1.54, 1.807) is 44.2 Å². The van der Waals surface area contributed by atoms with Crippen LogP contribution < -0.4 is 18.9 Å². The molecule has 10 heteroatoms. The minimum Gasteiger partial charge on any atom is -0.457 e. The van der Waals surface area contributed by atoms with Crippen LogP contribution in [0.3, 0.4) is 0 Å². The van der Waals surface area contributed by atoms with Gasteiger partial charge in [0.2, 0.25) is 13.6 Å². The highest BCUT2D eigenvalue weighted by molar-refractivity contribution is 5.91. The van der Waals surface area contributed by atoms with E-state index >= 15 is 0 Å². The van der Waals surface area contributed by atoms with Crippen LogP contribution in [0, 0.1) is 23.7 Å². The summed E-state index contributed by atoms with van der Waals surface area (Å²) in [7, 11) is 0. The molecule has 304 valence electrons. The maximum absolute atomic E-state index is 12.6. The minimum absolute atomic E-state index is 0.0868. The van der Waals surface area contributed by atoms with Gasteiger partial charge >= 0.3 is 23.9 Å². The molecule has 0 heterocycles. The average Bonchev–Trinajstić information content (AvgIpc) is 3.22. The SMILES string of the molecule is C=C(C)C(=O)OCOc1ccc(C(C)=C(C)c2ccc(C#Cc3ccc(C#Cc4ccc(OCOC(=O)C(=C)C)cc4OC(=O)C(=C)C)cc3OC(=O)C(=C)C)cc2)cc1. The fourth-order valence-electron chi connectivity index (χ4n) is 4.81. The lowest BCUT2D eigenvalue weighted by Gasteiger charge is -2.11. The summed E-state index contributed by atoms with van der Waals surface area (Å²) in [4.78, 5) is 48.4. The highest BCUT2D eigenvalue weighted by Crippen LogP contribution is 2.29. The van der Waals surface area contributed by atoms with Crippen molar-refractivity contribution in [2.45, 2.75) is 41.5 Å². The number of benzene rings is 4. The van der Waals surface area contributed by atoms with Crippen LogP contribution in [0.15, 0.2) is 134 Å².